The molecule has 1 aliphatic carbocycles. The van der Waals surface area contributed by atoms with E-state index in [9.17, 15) is 15.0 Å². The fourth-order valence-electron chi connectivity index (χ4n) is 2.46. The summed E-state index contributed by atoms with van der Waals surface area (Å²) < 4.78 is 0. The summed E-state index contributed by atoms with van der Waals surface area (Å²) in [7, 11) is 0. The molecule has 18 heavy (non-hydrogen) atoms. The number of hydrogen-bond acceptors (Lipinski definition) is 3. The Morgan fingerprint density at radius 2 is 1.78 bits per heavy atom. The van der Waals surface area contributed by atoms with Crippen molar-refractivity contribution >= 4 is 17.7 Å². The number of rotatable bonds is 4. The number of benzene rings is 1. The Kier molecular flexibility index (Phi) is 4.53. The van der Waals surface area contributed by atoms with Gasteiger partial charge >= 0.3 is 5.97 Å². The lowest BCUT2D eigenvalue weighted by molar-refractivity contribution is -0.137. The molecular weight excluding hydrogens is 248 g/mol. The molecule has 1 saturated carbocycles. The fraction of sp³-hybridized carbons (Fsp3) is 0.500. The van der Waals surface area contributed by atoms with Crippen molar-refractivity contribution in [1.82, 2.24) is 0 Å². The third kappa shape index (κ3) is 3.42. The predicted octanol–water partition coefficient (Wildman–Crippen LogP) is 3.52. The number of phenolic OH excluding ortho intramolecular Hbond substituents is 1. The van der Waals surface area contributed by atoms with E-state index >= 15 is 0 Å². The Balaban J connectivity index is 2.05. The minimum atomic E-state index is -0.722. The van der Waals surface area contributed by atoms with E-state index in [1.807, 2.05) is 0 Å². The van der Waals surface area contributed by atoms with Gasteiger partial charge in [-0.15, -0.1) is 11.8 Å². The topological polar surface area (TPSA) is 57.5 Å². The van der Waals surface area contributed by atoms with E-state index in [-0.39, 0.29) is 16.9 Å². The molecule has 1 aromatic rings. The van der Waals surface area contributed by atoms with E-state index in [2.05, 4.69) is 0 Å². The van der Waals surface area contributed by atoms with Gasteiger partial charge in [-0.05, 0) is 43.0 Å². The molecule has 3 nitrogen and oxygen atoms in total. The van der Waals surface area contributed by atoms with Crippen LogP contribution >= 0.6 is 11.8 Å². The number of aromatic hydroxyl groups is 1. The molecule has 2 rings (SSSR count). The van der Waals surface area contributed by atoms with Crippen molar-refractivity contribution in [3.8, 4) is 5.75 Å². The van der Waals surface area contributed by atoms with Gasteiger partial charge in [0, 0.05) is 4.90 Å². The maximum atomic E-state index is 11.4. The number of hydrogen-bond donors (Lipinski definition) is 2. The number of thioether (sulfide) groups is 1. The van der Waals surface area contributed by atoms with Crippen LogP contribution in [-0.4, -0.2) is 21.4 Å². The average Bonchev–Trinajstić information content (AvgIpc) is 2.38. The van der Waals surface area contributed by atoms with Gasteiger partial charge in [-0.3, -0.25) is 4.79 Å². The number of carboxylic acid groups (broad SMARTS) is 1. The van der Waals surface area contributed by atoms with Crippen LogP contribution in [0.2, 0.25) is 0 Å². The van der Waals surface area contributed by atoms with Crippen LogP contribution in [0.4, 0.5) is 0 Å². The van der Waals surface area contributed by atoms with Crippen molar-refractivity contribution in [2.24, 2.45) is 5.92 Å². The SMILES string of the molecule is O=C(O)C(Sc1ccc(O)cc1)C1CCCCC1. The summed E-state index contributed by atoms with van der Waals surface area (Å²) in [5.41, 5.74) is 0. The second-order valence-electron chi connectivity index (χ2n) is 4.77. The highest BCUT2D eigenvalue weighted by Crippen LogP contribution is 2.36. The molecule has 1 aliphatic rings. The normalized spacial score (nSPS) is 18.4. The highest BCUT2D eigenvalue weighted by molar-refractivity contribution is 8.00. The predicted molar refractivity (Wildman–Crippen MR) is 72.0 cm³/mol. The van der Waals surface area contributed by atoms with Gasteiger partial charge in [-0.2, -0.15) is 0 Å². The second-order valence-corrected chi connectivity index (χ2v) is 5.98. The van der Waals surface area contributed by atoms with Gasteiger partial charge in [0.1, 0.15) is 11.0 Å². The minimum absolute atomic E-state index is 0.212. The van der Waals surface area contributed by atoms with Crippen LogP contribution in [0, 0.1) is 5.92 Å². The standard InChI is InChI=1S/C14H18O3S/c15-11-6-8-12(9-7-11)18-13(14(16)17)10-4-2-1-3-5-10/h6-10,13,15H,1-5H2,(H,16,17). The maximum Gasteiger partial charge on any atom is 0.317 e. The highest BCUT2D eigenvalue weighted by atomic mass is 32.2. The summed E-state index contributed by atoms with van der Waals surface area (Å²) in [6.45, 7) is 0. The Morgan fingerprint density at radius 3 is 2.33 bits per heavy atom. The molecule has 0 amide bonds. The second kappa shape index (κ2) is 6.14. The summed E-state index contributed by atoms with van der Waals surface area (Å²) >= 11 is 1.40. The van der Waals surface area contributed by atoms with Crippen molar-refractivity contribution in [2.75, 3.05) is 0 Å². The van der Waals surface area contributed by atoms with Crippen molar-refractivity contribution in [3.05, 3.63) is 24.3 Å². The summed E-state index contributed by atoms with van der Waals surface area (Å²) in [6, 6.07) is 6.75. The lowest BCUT2D eigenvalue weighted by atomic mass is 9.87. The third-order valence-corrected chi connectivity index (χ3v) is 4.81. The van der Waals surface area contributed by atoms with Gasteiger partial charge in [0.05, 0.1) is 0 Å². The van der Waals surface area contributed by atoms with Gasteiger partial charge in [-0.25, -0.2) is 0 Å². The largest absolute Gasteiger partial charge is 0.508 e. The molecule has 4 heteroatoms. The zero-order valence-electron chi connectivity index (χ0n) is 10.2. The lowest BCUT2D eigenvalue weighted by Gasteiger charge is -2.27. The first kappa shape index (κ1) is 13.3. The molecule has 98 valence electrons. The van der Waals surface area contributed by atoms with Gasteiger partial charge in [0.2, 0.25) is 0 Å². The van der Waals surface area contributed by atoms with E-state index in [0.717, 1.165) is 30.6 Å². The molecule has 0 bridgehead atoms. The molecule has 0 aromatic heterocycles. The molecule has 2 N–H and O–H groups in total. The molecule has 1 atom stereocenters. The molecule has 1 fully saturated rings. The van der Waals surface area contributed by atoms with Crippen LogP contribution in [0.15, 0.2) is 29.2 Å². The zero-order chi connectivity index (χ0) is 13.0. The lowest BCUT2D eigenvalue weighted by Crippen LogP contribution is -2.28. The van der Waals surface area contributed by atoms with Crippen LogP contribution in [0.1, 0.15) is 32.1 Å². The average molecular weight is 266 g/mol. The van der Waals surface area contributed by atoms with Crippen LogP contribution in [-0.2, 0) is 4.79 Å². The quantitative estimate of drug-likeness (QED) is 0.819. The summed E-state index contributed by atoms with van der Waals surface area (Å²) in [4.78, 5) is 12.3. The molecule has 0 heterocycles. The Bertz CT molecular complexity index is 396. The Hall–Kier alpha value is -1.16. The highest BCUT2D eigenvalue weighted by Gasteiger charge is 2.30. The van der Waals surface area contributed by atoms with Gasteiger partial charge < -0.3 is 10.2 Å². The Morgan fingerprint density at radius 1 is 1.17 bits per heavy atom. The van der Waals surface area contributed by atoms with Gasteiger partial charge in [0.25, 0.3) is 0 Å². The van der Waals surface area contributed by atoms with E-state index in [1.54, 1.807) is 24.3 Å². The van der Waals surface area contributed by atoms with Crippen molar-refractivity contribution in [1.29, 1.82) is 0 Å². The number of carboxylic acids is 1. The van der Waals surface area contributed by atoms with Gasteiger partial charge in [0.15, 0.2) is 0 Å². The Labute approximate surface area is 111 Å². The first-order chi connectivity index (χ1) is 8.66. The summed E-state index contributed by atoms with van der Waals surface area (Å²) in [5.74, 6) is -0.237. The van der Waals surface area contributed by atoms with E-state index < -0.39 is 5.97 Å². The molecule has 1 unspecified atom stereocenters. The van der Waals surface area contributed by atoms with Crippen LogP contribution < -0.4 is 0 Å². The van der Waals surface area contributed by atoms with Gasteiger partial charge in [-0.1, -0.05) is 19.3 Å². The van der Waals surface area contributed by atoms with E-state index in [1.165, 1.54) is 18.2 Å². The first-order valence-corrected chi connectivity index (χ1v) is 7.23. The minimum Gasteiger partial charge on any atom is -0.508 e. The van der Waals surface area contributed by atoms with Crippen LogP contribution in [0.25, 0.3) is 0 Å². The van der Waals surface area contributed by atoms with Crippen molar-refractivity contribution in [2.45, 2.75) is 42.2 Å². The summed E-state index contributed by atoms with van der Waals surface area (Å²) in [5, 5.41) is 18.2. The number of aliphatic carboxylic acids is 1. The number of carbonyl (C=O) groups is 1. The van der Waals surface area contributed by atoms with E-state index in [0.29, 0.717) is 0 Å². The molecule has 0 saturated heterocycles. The van der Waals surface area contributed by atoms with E-state index in [4.69, 9.17) is 0 Å². The molecule has 1 aromatic carbocycles. The monoisotopic (exact) mass is 266 g/mol. The summed E-state index contributed by atoms with van der Waals surface area (Å²) in [6.07, 6.45) is 5.55. The van der Waals surface area contributed by atoms with Crippen LogP contribution in [0.3, 0.4) is 0 Å². The maximum absolute atomic E-state index is 11.4. The van der Waals surface area contributed by atoms with Crippen LogP contribution in [0.5, 0.6) is 5.75 Å². The third-order valence-electron chi connectivity index (χ3n) is 3.42. The van der Waals surface area contributed by atoms with Crippen molar-refractivity contribution < 1.29 is 15.0 Å². The first-order valence-electron chi connectivity index (χ1n) is 6.35. The molecular formula is C14H18O3S. The fourth-order valence-corrected chi connectivity index (χ4v) is 3.61. The molecule has 0 spiro atoms. The molecule has 0 aliphatic heterocycles. The zero-order valence-corrected chi connectivity index (χ0v) is 11.0. The smallest absolute Gasteiger partial charge is 0.317 e. The van der Waals surface area contributed by atoms with Crippen molar-refractivity contribution in [3.63, 3.8) is 0 Å². The molecule has 0 radical (unpaired) electrons. The number of phenols is 1.